The molecule has 0 atom stereocenters. The molecule has 0 amide bonds. The van der Waals surface area contributed by atoms with Crippen molar-refractivity contribution in [3.05, 3.63) is 25.3 Å². The van der Waals surface area contributed by atoms with Gasteiger partial charge in [0.05, 0.1) is 39.6 Å². The third kappa shape index (κ3) is 38.1. The molecular weight excluding hydrogens is 344 g/mol. The van der Waals surface area contributed by atoms with Crippen molar-refractivity contribution >= 4 is 11.9 Å². The van der Waals surface area contributed by atoms with E-state index >= 15 is 0 Å². The summed E-state index contributed by atoms with van der Waals surface area (Å²) in [5, 5.41) is 16.2. The Morgan fingerprint density at radius 2 is 0.962 bits per heavy atom. The quantitative estimate of drug-likeness (QED) is 0.298. The maximum atomic E-state index is 10.6. The molecule has 0 aliphatic rings. The van der Waals surface area contributed by atoms with Crippen LogP contribution in [-0.4, -0.2) is 75.0 Å². The van der Waals surface area contributed by atoms with E-state index in [4.69, 9.17) is 14.9 Å². The van der Waals surface area contributed by atoms with Crippen molar-refractivity contribution in [3.63, 3.8) is 0 Å². The van der Waals surface area contributed by atoms with Gasteiger partial charge in [-0.1, -0.05) is 42.9 Å². The second-order valence-electron chi connectivity index (χ2n) is 3.42. The largest absolute Gasteiger partial charge is 0.460 e. The van der Waals surface area contributed by atoms with E-state index in [1.54, 1.807) is 0 Å². The van der Waals surface area contributed by atoms with Crippen LogP contribution in [0.15, 0.2) is 25.3 Å². The van der Waals surface area contributed by atoms with Gasteiger partial charge in [-0.15, -0.1) is 0 Å². The first-order chi connectivity index (χ1) is 10.6. The molecule has 0 radical (unpaired) electrons. The summed E-state index contributed by atoms with van der Waals surface area (Å²) in [4.78, 5) is 21.1. The number of rotatable bonds is 12. The first kappa shape index (κ1) is 39.4. The van der Waals surface area contributed by atoms with Crippen molar-refractivity contribution in [3.8, 4) is 0 Å². The maximum absolute atomic E-state index is 10.6. The Hall–Kier alpha value is -1.74. The Kier molecular flexibility index (Phi) is 52.3. The normalized spacial score (nSPS) is 7.77. The molecule has 0 aromatic carbocycles. The summed E-state index contributed by atoms with van der Waals surface area (Å²) in [5.41, 5.74) is 0. The van der Waals surface area contributed by atoms with E-state index in [9.17, 15) is 9.59 Å². The van der Waals surface area contributed by atoms with E-state index in [-0.39, 0.29) is 69.3 Å². The van der Waals surface area contributed by atoms with E-state index < -0.39 is 11.9 Å². The number of carbonyl (C=O) groups excluding carboxylic acids is 2. The molecule has 0 unspecified atom stereocenters. The van der Waals surface area contributed by atoms with Gasteiger partial charge in [0, 0.05) is 12.2 Å². The number of hydrogen-bond donors (Lipinski definition) is 2. The van der Waals surface area contributed by atoms with Gasteiger partial charge in [0.25, 0.3) is 0 Å². The average Bonchev–Trinajstić information content (AvgIpc) is 2.54. The highest BCUT2D eigenvalue weighted by molar-refractivity contribution is 5.81. The standard InChI is InChI=1S/C10H14O5.C4H10O3.4CH4/c1-3-9(11)14-7-5-13-6-8-15-10(12)4-2;5-1-3-7-4-2-6;;;;/h3-4H,1-2,5-8H2;5-6H,1-4H2;4*1H4. The van der Waals surface area contributed by atoms with Crippen LogP contribution in [0.1, 0.15) is 29.7 Å². The van der Waals surface area contributed by atoms with Gasteiger partial charge in [-0.3, -0.25) is 0 Å². The van der Waals surface area contributed by atoms with Crippen LogP contribution in [0.3, 0.4) is 0 Å². The van der Waals surface area contributed by atoms with E-state index in [1.165, 1.54) is 0 Å². The van der Waals surface area contributed by atoms with Crippen LogP contribution in [-0.2, 0) is 28.5 Å². The second-order valence-corrected chi connectivity index (χ2v) is 3.42. The first-order valence-corrected chi connectivity index (χ1v) is 6.57. The van der Waals surface area contributed by atoms with Crippen molar-refractivity contribution < 1.29 is 38.7 Å². The molecule has 0 aliphatic heterocycles. The lowest BCUT2D eigenvalue weighted by Crippen LogP contribution is -2.12. The minimum atomic E-state index is -0.489. The van der Waals surface area contributed by atoms with Crippen LogP contribution < -0.4 is 0 Å². The van der Waals surface area contributed by atoms with Crippen molar-refractivity contribution in [2.75, 3.05) is 52.9 Å². The summed E-state index contributed by atoms with van der Waals surface area (Å²) in [7, 11) is 0. The average molecular weight is 385 g/mol. The monoisotopic (exact) mass is 384 g/mol. The molecule has 160 valence electrons. The van der Waals surface area contributed by atoms with Crippen LogP contribution in [0.5, 0.6) is 0 Å². The van der Waals surface area contributed by atoms with Crippen molar-refractivity contribution in [1.29, 1.82) is 0 Å². The summed E-state index contributed by atoms with van der Waals surface area (Å²) in [6.45, 7) is 7.98. The Morgan fingerprint density at radius 1 is 0.654 bits per heavy atom. The fraction of sp³-hybridized carbons (Fsp3) is 0.667. The van der Waals surface area contributed by atoms with Crippen LogP contribution in [0.4, 0.5) is 0 Å². The van der Waals surface area contributed by atoms with Crippen LogP contribution >= 0.6 is 0 Å². The van der Waals surface area contributed by atoms with Gasteiger partial charge >= 0.3 is 11.9 Å². The molecule has 0 aromatic heterocycles. The minimum absolute atomic E-state index is 0. The number of aliphatic hydroxyl groups excluding tert-OH is 2. The molecule has 0 aromatic rings. The van der Waals surface area contributed by atoms with Crippen LogP contribution in [0.25, 0.3) is 0 Å². The summed E-state index contributed by atoms with van der Waals surface area (Å²) >= 11 is 0. The van der Waals surface area contributed by atoms with Gasteiger partial charge in [0.15, 0.2) is 0 Å². The van der Waals surface area contributed by atoms with E-state index in [2.05, 4.69) is 27.4 Å². The molecule has 2 N–H and O–H groups in total. The zero-order valence-corrected chi connectivity index (χ0v) is 12.6. The Morgan fingerprint density at radius 3 is 1.23 bits per heavy atom. The molecule has 0 aliphatic carbocycles. The predicted octanol–water partition coefficient (Wildman–Crippen LogP) is 1.99. The van der Waals surface area contributed by atoms with E-state index in [1.807, 2.05) is 0 Å². The van der Waals surface area contributed by atoms with Crippen molar-refractivity contribution in [2.24, 2.45) is 0 Å². The molecule has 0 saturated heterocycles. The van der Waals surface area contributed by atoms with Crippen molar-refractivity contribution in [1.82, 2.24) is 0 Å². The summed E-state index contributed by atoms with van der Waals surface area (Å²) in [5.74, 6) is -0.978. The third-order valence-corrected chi connectivity index (χ3v) is 1.75. The lowest BCUT2D eigenvalue weighted by Gasteiger charge is -2.04. The fourth-order valence-corrected chi connectivity index (χ4v) is 0.853. The molecule has 0 fully saturated rings. The summed E-state index contributed by atoms with van der Waals surface area (Å²) < 4.78 is 18.9. The first-order valence-electron chi connectivity index (χ1n) is 6.57. The number of ether oxygens (including phenoxy) is 4. The van der Waals surface area contributed by atoms with Crippen LogP contribution in [0.2, 0.25) is 0 Å². The lowest BCUT2D eigenvalue weighted by molar-refractivity contribution is -0.140. The molecule has 0 saturated carbocycles. The second kappa shape index (κ2) is 34.6. The smallest absolute Gasteiger partial charge is 0.330 e. The molecule has 8 heteroatoms. The molecule has 0 spiro atoms. The Labute approximate surface area is 159 Å². The van der Waals surface area contributed by atoms with Gasteiger partial charge < -0.3 is 29.2 Å². The van der Waals surface area contributed by atoms with E-state index in [0.29, 0.717) is 13.2 Å². The number of esters is 2. The topological polar surface area (TPSA) is 112 Å². The van der Waals surface area contributed by atoms with Crippen LogP contribution in [0, 0.1) is 0 Å². The Balaban J connectivity index is -0.0000000794. The minimum Gasteiger partial charge on any atom is -0.460 e. The highest BCUT2D eigenvalue weighted by Crippen LogP contribution is 1.84. The number of aliphatic hydroxyl groups is 2. The maximum Gasteiger partial charge on any atom is 0.330 e. The summed E-state index contributed by atoms with van der Waals surface area (Å²) in [6.07, 6.45) is 2.15. The zero-order valence-electron chi connectivity index (χ0n) is 12.6. The molecular formula is C18H40O8. The highest BCUT2D eigenvalue weighted by Gasteiger charge is 1.96. The molecule has 0 rings (SSSR count). The molecule has 0 heterocycles. The van der Waals surface area contributed by atoms with Gasteiger partial charge in [0.2, 0.25) is 0 Å². The van der Waals surface area contributed by atoms with Gasteiger partial charge in [-0.25, -0.2) is 9.59 Å². The van der Waals surface area contributed by atoms with Gasteiger partial charge in [-0.05, 0) is 0 Å². The molecule has 0 bridgehead atoms. The SMILES string of the molecule is C.C.C.C.C=CC(=O)OCCOCCOC(=O)C=C.OCCOCCO. The van der Waals surface area contributed by atoms with E-state index in [0.717, 1.165) is 12.2 Å². The number of hydrogen-bond acceptors (Lipinski definition) is 8. The lowest BCUT2D eigenvalue weighted by atomic mass is 10.6. The number of carbonyl (C=O) groups is 2. The molecule has 8 nitrogen and oxygen atoms in total. The molecule has 26 heavy (non-hydrogen) atoms. The predicted molar refractivity (Wildman–Crippen MR) is 105 cm³/mol. The Bertz CT molecular complexity index is 278. The summed E-state index contributed by atoms with van der Waals surface area (Å²) in [6, 6.07) is 0. The zero-order chi connectivity index (χ0) is 17.1. The van der Waals surface area contributed by atoms with Gasteiger partial charge in [-0.2, -0.15) is 0 Å². The third-order valence-electron chi connectivity index (χ3n) is 1.75. The van der Waals surface area contributed by atoms with Gasteiger partial charge in [0.1, 0.15) is 13.2 Å². The highest BCUT2D eigenvalue weighted by atomic mass is 16.6. The fourth-order valence-electron chi connectivity index (χ4n) is 0.853. The van der Waals surface area contributed by atoms with Crippen molar-refractivity contribution in [2.45, 2.75) is 29.7 Å².